The quantitative estimate of drug-likeness (QED) is 0.380. The van der Waals surface area contributed by atoms with Crippen molar-refractivity contribution in [3.8, 4) is 5.75 Å². The second-order valence-electron chi connectivity index (χ2n) is 9.90. The van der Waals surface area contributed by atoms with Crippen LogP contribution in [0.25, 0.3) is 6.08 Å². The molecule has 9 heteroatoms. The number of allylic oxidation sites excluding steroid dienone is 1. The summed E-state index contributed by atoms with van der Waals surface area (Å²) < 4.78 is 13.6. The van der Waals surface area contributed by atoms with Crippen LogP contribution in [0, 0.1) is 0 Å². The van der Waals surface area contributed by atoms with Gasteiger partial charge in [-0.15, -0.1) is 0 Å². The van der Waals surface area contributed by atoms with Gasteiger partial charge in [0.2, 0.25) is 0 Å². The SMILES string of the molecule is COc1ccc([C@H]2C(C(=O)Nc3ccccc3)=C(C)N=c3s/c(=C/c4ccc(N5CCCCC5)o4)c(=O)n32)cc1. The highest BCUT2D eigenvalue weighted by Gasteiger charge is 2.32. The molecule has 0 aliphatic carbocycles. The summed E-state index contributed by atoms with van der Waals surface area (Å²) >= 11 is 1.29. The molecular weight excluding hydrogens is 524 g/mol. The van der Waals surface area contributed by atoms with Crippen LogP contribution in [0.15, 0.2) is 92.2 Å². The molecule has 8 nitrogen and oxygen atoms in total. The van der Waals surface area contributed by atoms with E-state index in [0.717, 1.165) is 37.4 Å². The van der Waals surface area contributed by atoms with Crippen molar-refractivity contribution in [1.82, 2.24) is 4.57 Å². The number of rotatable bonds is 6. The first-order valence-electron chi connectivity index (χ1n) is 13.4. The Balaban J connectivity index is 1.43. The summed E-state index contributed by atoms with van der Waals surface area (Å²) in [6.07, 6.45) is 5.32. The molecule has 0 bridgehead atoms. The lowest BCUT2D eigenvalue weighted by molar-refractivity contribution is -0.113. The van der Waals surface area contributed by atoms with Crippen molar-refractivity contribution in [2.45, 2.75) is 32.2 Å². The molecule has 1 saturated heterocycles. The Morgan fingerprint density at radius 2 is 1.80 bits per heavy atom. The van der Waals surface area contributed by atoms with Gasteiger partial charge in [0.15, 0.2) is 10.7 Å². The third kappa shape index (κ3) is 5.00. The predicted molar refractivity (Wildman–Crippen MR) is 157 cm³/mol. The molecule has 2 aliphatic rings. The van der Waals surface area contributed by atoms with E-state index in [2.05, 4.69) is 10.2 Å². The molecule has 40 heavy (non-hydrogen) atoms. The molecule has 4 heterocycles. The number of benzene rings is 2. The number of furan rings is 1. The normalized spacial score (nSPS) is 17.4. The van der Waals surface area contributed by atoms with Gasteiger partial charge >= 0.3 is 0 Å². The Morgan fingerprint density at radius 1 is 1.05 bits per heavy atom. The van der Waals surface area contributed by atoms with Crippen LogP contribution in [-0.2, 0) is 4.79 Å². The maximum Gasteiger partial charge on any atom is 0.271 e. The summed E-state index contributed by atoms with van der Waals surface area (Å²) in [5.41, 5.74) is 2.20. The minimum atomic E-state index is -0.659. The van der Waals surface area contributed by atoms with Gasteiger partial charge in [-0.25, -0.2) is 4.99 Å². The number of hydrogen-bond donors (Lipinski definition) is 1. The molecule has 204 valence electrons. The topological polar surface area (TPSA) is 89.1 Å². The lowest BCUT2D eigenvalue weighted by Crippen LogP contribution is -2.40. The highest BCUT2D eigenvalue weighted by atomic mass is 32.1. The number of nitrogens with one attached hydrogen (secondary N) is 1. The van der Waals surface area contributed by atoms with Gasteiger partial charge in [0.25, 0.3) is 11.5 Å². The highest BCUT2D eigenvalue weighted by molar-refractivity contribution is 7.07. The van der Waals surface area contributed by atoms with E-state index in [-0.39, 0.29) is 11.5 Å². The lowest BCUT2D eigenvalue weighted by Gasteiger charge is -2.25. The Kier molecular flexibility index (Phi) is 7.13. The minimum Gasteiger partial charge on any atom is -0.497 e. The number of aromatic nitrogens is 1. The fourth-order valence-corrected chi connectivity index (χ4v) is 6.29. The van der Waals surface area contributed by atoms with Crippen molar-refractivity contribution in [2.24, 2.45) is 4.99 Å². The number of ether oxygens (including phenoxy) is 1. The molecule has 1 amide bonds. The zero-order valence-corrected chi connectivity index (χ0v) is 23.2. The zero-order valence-electron chi connectivity index (χ0n) is 22.4. The summed E-state index contributed by atoms with van der Waals surface area (Å²) in [5.74, 6) is 1.82. The smallest absolute Gasteiger partial charge is 0.271 e. The fourth-order valence-electron chi connectivity index (χ4n) is 5.27. The first-order chi connectivity index (χ1) is 19.5. The van der Waals surface area contributed by atoms with Crippen LogP contribution in [0.5, 0.6) is 5.75 Å². The molecular formula is C31H30N4O4S. The van der Waals surface area contributed by atoms with Gasteiger partial charge in [0.05, 0.1) is 29.0 Å². The van der Waals surface area contributed by atoms with Crippen molar-refractivity contribution in [3.05, 3.63) is 109 Å². The van der Waals surface area contributed by atoms with Gasteiger partial charge in [-0.1, -0.05) is 41.7 Å². The zero-order chi connectivity index (χ0) is 27.6. The molecule has 2 aromatic heterocycles. The van der Waals surface area contributed by atoms with E-state index >= 15 is 0 Å². The average Bonchev–Trinajstić information content (AvgIpc) is 3.57. The second-order valence-corrected chi connectivity index (χ2v) is 10.9. The molecule has 0 unspecified atom stereocenters. The van der Waals surface area contributed by atoms with E-state index in [1.807, 2.05) is 73.7 Å². The fraction of sp³-hybridized carbons (Fsp3) is 0.258. The summed E-state index contributed by atoms with van der Waals surface area (Å²) in [6, 6.07) is 19.9. The van der Waals surface area contributed by atoms with Crippen molar-refractivity contribution in [1.29, 1.82) is 0 Å². The highest BCUT2D eigenvalue weighted by Crippen LogP contribution is 2.32. The largest absolute Gasteiger partial charge is 0.497 e. The molecule has 2 aromatic carbocycles. The maximum absolute atomic E-state index is 13.9. The Bertz CT molecular complexity index is 1740. The molecule has 1 fully saturated rings. The predicted octanol–water partition coefficient (Wildman–Crippen LogP) is 4.47. The molecule has 1 N–H and O–H groups in total. The van der Waals surface area contributed by atoms with Gasteiger partial charge in [-0.3, -0.25) is 14.2 Å². The van der Waals surface area contributed by atoms with Crippen LogP contribution in [0.3, 0.4) is 0 Å². The first-order valence-corrected chi connectivity index (χ1v) is 14.2. The molecule has 6 rings (SSSR count). The van der Waals surface area contributed by atoms with Gasteiger partial charge in [-0.2, -0.15) is 0 Å². The van der Waals surface area contributed by atoms with Crippen molar-refractivity contribution >= 4 is 34.9 Å². The van der Waals surface area contributed by atoms with Crippen LogP contribution >= 0.6 is 11.3 Å². The van der Waals surface area contributed by atoms with Crippen LogP contribution in [-0.4, -0.2) is 30.7 Å². The van der Waals surface area contributed by atoms with Crippen molar-refractivity contribution < 1.29 is 13.9 Å². The van der Waals surface area contributed by atoms with Gasteiger partial charge in [0.1, 0.15) is 11.5 Å². The lowest BCUT2D eigenvalue weighted by atomic mass is 9.95. The Morgan fingerprint density at radius 3 is 2.52 bits per heavy atom. The number of carbonyl (C=O) groups is 1. The molecule has 0 radical (unpaired) electrons. The standard InChI is InChI=1S/C31H30N4O4S/c1-20-27(29(36)33-22-9-5-3-6-10-22)28(21-11-13-23(38-2)14-12-21)35-30(37)25(40-31(35)32-20)19-24-15-16-26(39-24)34-17-7-4-8-18-34/h3,5-6,9-16,19,28H,4,7-8,17-18H2,1-2H3,(H,33,36)/b25-19+/t28-/m0/s1. The summed E-state index contributed by atoms with van der Waals surface area (Å²) in [4.78, 5) is 35.1. The molecule has 2 aliphatic heterocycles. The Labute approximate surface area is 235 Å². The average molecular weight is 555 g/mol. The maximum atomic E-state index is 13.9. The van der Waals surface area contributed by atoms with Crippen LogP contribution < -0.4 is 29.8 Å². The molecule has 4 aromatic rings. The van der Waals surface area contributed by atoms with E-state index < -0.39 is 6.04 Å². The number of thiazole rings is 1. The summed E-state index contributed by atoms with van der Waals surface area (Å²) in [5, 5.41) is 2.97. The van der Waals surface area contributed by atoms with Crippen molar-refractivity contribution in [2.75, 3.05) is 30.4 Å². The number of fused-ring (bicyclic) bond motifs is 1. The van der Waals surface area contributed by atoms with E-state index in [0.29, 0.717) is 37.8 Å². The van der Waals surface area contributed by atoms with E-state index in [9.17, 15) is 9.59 Å². The van der Waals surface area contributed by atoms with Gasteiger partial charge < -0.3 is 19.4 Å². The third-order valence-electron chi connectivity index (χ3n) is 7.28. The number of anilines is 2. The summed E-state index contributed by atoms with van der Waals surface area (Å²) in [6.45, 7) is 3.76. The van der Waals surface area contributed by atoms with Crippen LogP contribution in [0.4, 0.5) is 11.6 Å². The molecule has 0 spiro atoms. The number of carbonyl (C=O) groups excluding carboxylic acids is 1. The number of amides is 1. The third-order valence-corrected chi connectivity index (χ3v) is 8.27. The second kappa shape index (κ2) is 11.0. The molecule has 1 atom stereocenters. The minimum absolute atomic E-state index is 0.224. The monoisotopic (exact) mass is 554 g/mol. The number of piperidine rings is 1. The first kappa shape index (κ1) is 25.9. The number of methoxy groups -OCH3 is 1. The van der Waals surface area contributed by atoms with Gasteiger partial charge in [-0.05, 0) is 62.1 Å². The van der Waals surface area contributed by atoms with Crippen molar-refractivity contribution in [3.63, 3.8) is 0 Å². The number of hydrogen-bond acceptors (Lipinski definition) is 7. The van der Waals surface area contributed by atoms with E-state index in [1.54, 1.807) is 17.8 Å². The molecule has 0 saturated carbocycles. The van der Waals surface area contributed by atoms with E-state index in [4.69, 9.17) is 14.1 Å². The van der Waals surface area contributed by atoms with Gasteiger partial charge in [0, 0.05) is 30.9 Å². The number of nitrogens with zero attached hydrogens (tertiary/aromatic N) is 3. The Hall–Kier alpha value is -4.37. The number of para-hydroxylation sites is 1. The summed E-state index contributed by atoms with van der Waals surface area (Å²) in [7, 11) is 1.60. The van der Waals surface area contributed by atoms with E-state index in [1.165, 1.54) is 17.8 Å². The van der Waals surface area contributed by atoms with Crippen LogP contribution in [0.2, 0.25) is 0 Å². The van der Waals surface area contributed by atoms with Crippen LogP contribution in [0.1, 0.15) is 43.6 Å².